The van der Waals surface area contributed by atoms with Crippen LogP contribution in [0, 0.1) is 0 Å². The molecule has 1 rings (SSSR count). The van der Waals surface area contributed by atoms with Crippen LogP contribution in [0.3, 0.4) is 0 Å². The van der Waals surface area contributed by atoms with E-state index in [4.69, 9.17) is 9.47 Å². The number of alkyl carbamates (subject to hydrolysis) is 2. The van der Waals surface area contributed by atoms with Gasteiger partial charge in [-0.2, -0.15) is 0 Å². The van der Waals surface area contributed by atoms with Crippen molar-refractivity contribution in [3.05, 3.63) is 61.2 Å². The summed E-state index contributed by atoms with van der Waals surface area (Å²) in [5.74, 6) is -0.848. The molecule has 0 fully saturated rings. The Morgan fingerprint density at radius 2 is 1.58 bits per heavy atom. The summed E-state index contributed by atoms with van der Waals surface area (Å²) in [6, 6.07) is 7.52. The van der Waals surface area contributed by atoms with Crippen molar-refractivity contribution in [3.8, 4) is 0 Å². The van der Waals surface area contributed by atoms with Gasteiger partial charge in [0.05, 0.1) is 0 Å². The number of benzene rings is 1. The maximum Gasteiger partial charge on any atom is 0.408 e. The third kappa shape index (κ3) is 14.7. The van der Waals surface area contributed by atoms with E-state index in [0.717, 1.165) is 5.56 Å². The Hall–Kier alpha value is -3.82. The highest BCUT2D eigenvalue weighted by atomic mass is 16.6. The molecular formula is C28H42N4O6. The van der Waals surface area contributed by atoms with E-state index in [1.165, 1.54) is 6.08 Å². The lowest BCUT2D eigenvalue weighted by Crippen LogP contribution is -2.54. The molecule has 4 N–H and O–H groups in total. The van der Waals surface area contributed by atoms with E-state index in [1.54, 1.807) is 26.8 Å². The Bertz CT molecular complexity index is 914. The van der Waals surface area contributed by atoms with Gasteiger partial charge in [-0.15, -0.1) is 6.58 Å². The van der Waals surface area contributed by atoms with Crippen molar-refractivity contribution in [2.45, 2.75) is 70.6 Å². The van der Waals surface area contributed by atoms with Gasteiger partial charge in [0, 0.05) is 19.5 Å². The van der Waals surface area contributed by atoms with Crippen LogP contribution in [0.2, 0.25) is 0 Å². The zero-order valence-corrected chi connectivity index (χ0v) is 22.7. The van der Waals surface area contributed by atoms with Crippen LogP contribution < -0.4 is 21.3 Å². The summed E-state index contributed by atoms with van der Waals surface area (Å²) in [7, 11) is 0. The Balaban J connectivity index is 2.83. The van der Waals surface area contributed by atoms with Crippen LogP contribution in [0.4, 0.5) is 9.59 Å². The van der Waals surface area contributed by atoms with E-state index < -0.39 is 35.8 Å². The van der Waals surface area contributed by atoms with Crippen LogP contribution >= 0.6 is 0 Å². The van der Waals surface area contributed by atoms with E-state index in [2.05, 4.69) is 34.4 Å². The fraction of sp³-hybridized carbons (Fsp3) is 0.500. The van der Waals surface area contributed by atoms with Crippen LogP contribution in [0.25, 0.3) is 0 Å². The van der Waals surface area contributed by atoms with E-state index in [9.17, 15) is 19.2 Å². The van der Waals surface area contributed by atoms with Gasteiger partial charge in [-0.3, -0.25) is 9.59 Å². The molecule has 0 unspecified atom stereocenters. The van der Waals surface area contributed by atoms with Crippen molar-refractivity contribution < 1.29 is 28.7 Å². The predicted octanol–water partition coefficient (Wildman–Crippen LogP) is 3.38. The molecule has 0 aliphatic heterocycles. The normalized spacial score (nSPS) is 12.3. The van der Waals surface area contributed by atoms with Crippen LogP contribution in [0.5, 0.6) is 0 Å². The molecule has 0 aliphatic rings. The standard InChI is InChI=1S/C28H42N4O6/c1-6-8-17-29-24(33)23(20-21-14-10-9-11-15-21)31-25(34)22(32-27(36)37-19-7-2)16-12-13-18-30-26(35)38-28(3,4)5/h6-7,9-11,14-15,22-23H,1-2,8,12-13,16-20H2,3-5H3,(H,29,33)(H,30,35)(H,31,34)(H,32,36)/t22-,23+/m0/s1. The second kappa shape index (κ2) is 17.6. The molecule has 210 valence electrons. The van der Waals surface area contributed by atoms with Crippen molar-refractivity contribution in [1.29, 1.82) is 0 Å². The Morgan fingerprint density at radius 1 is 0.868 bits per heavy atom. The van der Waals surface area contributed by atoms with Crippen molar-refractivity contribution in [1.82, 2.24) is 21.3 Å². The Kier molecular flexibility index (Phi) is 14.9. The molecule has 10 heteroatoms. The molecule has 1 aromatic carbocycles. The summed E-state index contributed by atoms with van der Waals surface area (Å²) in [6.45, 7) is 13.2. The van der Waals surface area contributed by atoms with Gasteiger partial charge in [-0.1, -0.05) is 49.1 Å². The minimum Gasteiger partial charge on any atom is -0.445 e. The van der Waals surface area contributed by atoms with E-state index in [1.807, 2.05) is 30.3 Å². The largest absolute Gasteiger partial charge is 0.445 e. The number of ether oxygens (including phenoxy) is 2. The zero-order chi connectivity index (χ0) is 28.4. The molecule has 0 aromatic heterocycles. The lowest BCUT2D eigenvalue weighted by molar-refractivity contribution is -0.130. The summed E-state index contributed by atoms with van der Waals surface area (Å²) >= 11 is 0. The topological polar surface area (TPSA) is 135 Å². The first-order valence-electron chi connectivity index (χ1n) is 12.8. The number of nitrogens with one attached hydrogen (secondary N) is 4. The number of amides is 4. The van der Waals surface area contributed by atoms with Crippen LogP contribution in [-0.4, -0.2) is 61.4 Å². The number of carbonyl (C=O) groups is 4. The van der Waals surface area contributed by atoms with Gasteiger partial charge in [-0.25, -0.2) is 9.59 Å². The second-order valence-electron chi connectivity index (χ2n) is 9.63. The van der Waals surface area contributed by atoms with Crippen molar-refractivity contribution in [2.24, 2.45) is 0 Å². The number of unbranched alkanes of at least 4 members (excludes halogenated alkanes) is 1. The molecule has 0 bridgehead atoms. The molecule has 38 heavy (non-hydrogen) atoms. The maximum absolute atomic E-state index is 13.2. The maximum atomic E-state index is 13.2. The average molecular weight is 531 g/mol. The van der Waals surface area contributed by atoms with Crippen LogP contribution in [0.15, 0.2) is 55.6 Å². The highest BCUT2D eigenvalue weighted by Gasteiger charge is 2.27. The first-order valence-corrected chi connectivity index (χ1v) is 12.8. The summed E-state index contributed by atoms with van der Waals surface area (Å²) in [5, 5.41) is 10.8. The van der Waals surface area contributed by atoms with Crippen molar-refractivity contribution in [2.75, 3.05) is 19.7 Å². The van der Waals surface area contributed by atoms with Gasteiger partial charge in [0.25, 0.3) is 0 Å². The summed E-state index contributed by atoms with van der Waals surface area (Å²) in [4.78, 5) is 50.1. The smallest absolute Gasteiger partial charge is 0.408 e. The third-order valence-corrected chi connectivity index (χ3v) is 5.09. The number of hydrogen-bond acceptors (Lipinski definition) is 6. The summed E-state index contributed by atoms with van der Waals surface area (Å²) in [6.07, 6.45) is 4.00. The van der Waals surface area contributed by atoms with Gasteiger partial charge >= 0.3 is 12.2 Å². The van der Waals surface area contributed by atoms with Crippen molar-refractivity contribution in [3.63, 3.8) is 0 Å². The summed E-state index contributed by atoms with van der Waals surface area (Å²) < 4.78 is 10.2. The molecule has 4 amide bonds. The number of hydrogen-bond donors (Lipinski definition) is 4. The molecular weight excluding hydrogens is 488 g/mol. The molecule has 0 radical (unpaired) electrons. The van der Waals surface area contributed by atoms with Crippen molar-refractivity contribution >= 4 is 24.0 Å². The molecule has 0 aliphatic carbocycles. The quantitative estimate of drug-likeness (QED) is 0.191. The van der Waals surface area contributed by atoms with E-state index in [0.29, 0.717) is 32.4 Å². The highest BCUT2D eigenvalue weighted by Crippen LogP contribution is 2.08. The van der Waals surface area contributed by atoms with E-state index >= 15 is 0 Å². The van der Waals surface area contributed by atoms with Gasteiger partial charge in [0.1, 0.15) is 24.3 Å². The molecule has 0 saturated carbocycles. The van der Waals surface area contributed by atoms with Gasteiger partial charge in [0.2, 0.25) is 11.8 Å². The minimum atomic E-state index is -0.951. The first-order chi connectivity index (χ1) is 18.1. The van der Waals surface area contributed by atoms with Crippen LogP contribution in [0.1, 0.15) is 52.0 Å². The fourth-order valence-corrected chi connectivity index (χ4v) is 3.32. The number of rotatable bonds is 16. The zero-order valence-electron chi connectivity index (χ0n) is 22.7. The molecule has 1 aromatic rings. The highest BCUT2D eigenvalue weighted by molar-refractivity contribution is 5.91. The van der Waals surface area contributed by atoms with E-state index in [-0.39, 0.29) is 25.4 Å². The van der Waals surface area contributed by atoms with Crippen LogP contribution in [-0.2, 0) is 25.5 Å². The SMILES string of the molecule is C=CCCNC(=O)[C@@H](Cc1ccccc1)NC(=O)[C@H](CCCCNC(=O)OC(C)(C)C)NC(=O)OCC=C. The Morgan fingerprint density at radius 3 is 2.21 bits per heavy atom. The third-order valence-electron chi connectivity index (χ3n) is 5.09. The monoisotopic (exact) mass is 530 g/mol. The second-order valence-corrected chi connectivity index (χ2v) is 9.63. The van der Waals surface area contributed by atoms with Gasteiger partial charge in [0.15, 0.2) is 0 Å². The average Bonchev–Trinajstić information content (AvgIpc) is 2.85. The summed E-state index contributed by atoms with van der Waals surface area (Å²) in [5.41, 5.74) is 0.275. The first kappa shape index (κ1) is 32.2. The molecule has 10 nitrogen and oxygen atoms in total. The molecule has 0 spiro atoms. The molecule has 2 atom stereocenters. The Labute approximate surface area is 225 Å². The van der Waals surface area contributed by atoms with Gasteiger partial charge in [-0.05, 0) is 52.0 Å². The van der Waals surface area contributed by atoms with Gasteiger partial charge < -0.3 is 30.7 Å². The molecule has 0 heterocycles. The minimum absolute atomic E-state index is 0.0116. The lowest BCUT2D eigenvalue weighted by atomic mass is 10.0. The molecule has 0 saturated heterocycles. The lowest BCUT2D eigenvalue weighted by Gasteiger charge is -2.23. The predicted molar refractivity (Wildman–Crippen MR) is 146 cm³/mol. The number of carbonyl (C=O) groups excluding carboxylic acids is 4. The fourth-order valence-electron chi connectivity index (χ4n) is 3.32.